The fraction of sp³-hybridized carbons (Fsp3) is 0.150. The quantitative estimate of drug-likeness (QED) is 0.639. The second kappa shape index (κ2) is 7.63. The van der Waals surface area contributed by atoms with Crippen molar-refractivity contribution in [2.45, 2.75) is 13.1 Å². The van der Waals surface area contributed by atoms with Crippen molar-refractivity contribution in [3.05, 3.63) is 85.8 Å². The molecule has 0 saturated carbocycles. The minimum atomic E-state index is -0.773. The Labute approximate surface area is 163 Å². The highest BCUT2D eigenvalue weighted by Crippen LogP contribution is 2.32. The highest BCUT2D eigenvalue weighted by Gasteiger charge is 2.14. The highest BCUT2D eigenvalue weighted by molar-refractivity contribution is 5.81. The normalized spacial score (nSPS) is 12.6. The number of nitrogens with one attached hydrogen (secondary N) is 1. The van der Waals surface area contributed by atoms with Gasteiger partial charge in [-0.1, -0.05) is 18.2 Å². The number of H-pyrrole nitrogens is 1. The molecule has 0 amide bonds. The molecular weight excluding hydrogens is 381 g/mol. The lowest BCUT2D eigenvalue weighted by Crippen LogP contribution is -2.32. The molecule has 0 spiro atoms. The summed E-state index contributed by atoms with van der Waals surface area (Å²) in [6, 6.07) is 10.8. The third-order valence-electron chi connectivity index (χ3n) is 4.39. The molecule has 4 rings (SSSR count). The van der Waals surface area contributed by atoms with Crippen molar-refractivity contribution < 1.29 is 19.0 Å². The van der Waals surface area contributed by atoms with Crippen LogP contribution < -0.4 is 20.7 Å². The average molecular weight is 397 g/mol. The Balaban J connectivity index is 1.58. The van der Waals surface area contributed by atoms with Crippen molar-refractivity contribution in [1.29, 1.82) is 0 Å². The first-order chi connectivity index (χ1) is 14.0. The number of nitrogens with zero attached hydrogens (tertiary/aromatic N) is 2. The highest BCUT2D eigenvalue weighted by atomic mass is 19.1. The topological polar surface area (TPSA) is 106 Å². The molecule has 29 heavy (non-hydrogen) atoms. The van der Waals surface area contributed by atoms with Crippen molar-refractivity contribution in [1.82, 2.24) is 9.55 Å². The Morgan fingerprint density at radius 1 is 1.10 bits per heavy atom. The lowest BCUT2D eigenvalue weighted by Gasteiger charge is -2.09. The second-order valence-electron chi connectivity index (χ2n) is 6.37. The number of hydrogen-bond acceptors (Lipinski definition) is 6. The van der Waals surface area contributed by atoms with Gasteiger partial charge in [-0.15, -0.1) is 0 Å². The minimum Gasteiger partial charge on any atom is -0.494 e. The summed E-state index contributed by atoms with van der Waals surface area (Å²) in [6.45, 7) is 0.359. The lowest BCUT2D eigenvalue weighted by atomic mass is 10.2. The zero-order valence-corrected chi connectivity index (χ0v) is 15.1. The third kappa shape index (κ3) is 3.88. The van der Waals surface area contributed by atoms with E-state index in [-0.39, 0.29) is 25.4 Å². The Morgan fingerprint density at radius 3 is 2.62 bits per heavy atom. The van der Waals surface area contributed by atoms with Crippen LogP contribution in [0.2, 0.25) is 0 Å². The van der Waals surface area contributed by atoms with Gasteiger partial charge in [0.15, 0.2) is 11.5 Å². The van der Waals surface area contributed by atoms with Gasteiger partial charge in [-0.3, -0.25) is 19.3 Å². The number of hydrogen-bond donors (Lipinski definition) is 2. The smallest absolute Gasteiger partial charge is 0.331 e. The molecule has 3 aromatic rings. The molecule has 148 valence electrons. The van der Waals surface area contributed by atoms with Gasteiger partial charge < -0.3 is 14.6 Å². The third-order valence-corrected chi connectivity index (χ3v) is 4.39. The standard InChI is InChI=1S/C20H16FN3O5/c21-14-4-1-12(2-5-14)10-24-19(26)15(18(25)23-20(24)27)9-22-8-13-3-6-16-17(7-13)29-11-28-16/h1-7,9,26H,8,10-11H2,(H,23,25,27). The Morgan fingerprint density at radius 2 is 1.83 bits per heavy atom. The molecule has 1 aliphatic rings. The number of aromatic amines is 1. The molecule has 1 aromatic heterocycles. The molecule has 0 atom stereocenters. The van der Waals surface area contributed by atoms with Crippen LogP contribution in [-0.4, -0.2) is 27.7 Å². The SMILES string of the molecule is O=c1[nH]c(=O)n(Cc2ccc(F)cc2)c(O)c1C=NCc1ccc2c(c1)OCO2. The Kier molecular flexibility index (Phi) is 4.86. The van der Waals surface area contributed by atoms with Gasteiger partial charge in [0.05, 0.1) is 13.1 Å². The van der Waals surface area contributed by atoms with E-state index in [0.717, 1.165) is 10.1 Å². The summed E-state index contributed by atoms with van der Waals surface area (Å²) < 4.78 is 24.6. The van der Waals surface area contributed by atoms with Crippen LogP contribution in [0.5, 0.6) is 17.4 Å². The van der Waals surface area contributed by atoms with Crippen LogP contribution in [0.3, 0.4) is 0 Å². The fourth-order valence-corrected chi connectivity index (χ4v) is 2.89. The molecule has 2 heterocycles. The molecule has 8 nitrogen and oxygen atoms in total. The van der Waals surface area contributed by atoms with E-state index >= 15 is 0 Å². The van der Waals surface area contributed by atoms with Crippen molar-refractivity contribution in [3.8, 4) is 17.4 Å². The molecule has 0 fully saturated rings. The molecule has 1 aliphatic heterocycles. The predicted molar refractivity (Wildman–Crippen MR) is 102 cm³/mol. The van der Waals surface area contributed by atoms with Gasteiger partial charge in [-0.25, -0.2) is 9.18 Å². The van der Waals surface area contributed by atoms with Crippen LogP contribution >= 0.6 is 0 Å². The van der Waals surface area contributed by atoms with Crippen LogP contribution in [0.1, 0.15) is 16.7 Å². The van der Waals surface area contributed by atoms with Crippen molar-refractivity contribution in [2.75, 3.05) is 6.79 Å². The number of ether oxygens (including phenoxy) is 2. The van der Waals surface area contributed by atoms with E-state index in [4.69, 9.17) is 9.47 Å². The van der Waals surface area contributed by atoms with Crippen LogP contribution in [0, 0.1) is 5.82 Å². The summed E-state index contributed by atoms with van der Waals surface area (Å²) in [6.07, 6.45) is 1.21. The molecule has 9 heteroatoms. The van der Waals surface area contributed by atoms with Gasteiger partial charge >= 0.3 is 5.69 Å². The number of rotatable bonds is 5. The molecule has 0 radical (unpaired) electrons. The van der Waals surface area contributed by atoms with E-state index in [2.05, 4.69) is 9.98 Å². The predicted octanol–water partition coefficient (Wildman–Crippen LogP) is 1.78. The van der Waals surface area contributed by atoms with Crippen molar-refractivity contribution in [2.24, 2.45) is 4.99 Å². The summed E-state index contributed by atoms with van der Waals surface area (Å²) in [7, 11) is 0. The molecular formula is C20H16FN3O5. The van der Waals surface area contributed by atoms with E-state index in [1.807, 2.05) is 6.07 Å². The first-order valence-electron chi connectivity index (χ1n) is 8.70. The molecule has 0 saturated heterocycles. The summed E-state index contributed by atoms with van der Waals surface area (Å²) >= 11 is 0. The summed E-state index contributed by atoms with van der Waals surface area (Å²) in [5.74, 6) is 0.339. The van der Waals surface area contributed by atoms with Gasteiger partial charge in [0.1, 0.15) is 11.4 Å². The second-order valence-corrected chi connectivity index (χ2v) is 6.37. The molecule has 0 unspecified atom stereocenters. The number of halogens is 1. The summed E-state index contributed by atoms with van der Waals surface area (Å²) in [5.41, 5.74) is -0.269. The van der Waals surface area contributed by atoms with Gasteiger partial charge in [0, 0.05) is 6.21 Å². The van der Waals surface area contributed by atoms with E-state index in [0.29, 0.717) is 17.1 Å². The fourth-order valence-electron chi connectivity index (χ4n) is 2.89. The maximum atomic E-state index is 13.1. The Hall–Kier alpha value is -3.88. The molecule has 0 bridgehead atoms. The zero-order chi connectivity index (χ0) is 20.4. The first-order valence-corrected chi connectivity index (χ1v) is 8.70. The number of benzene rings is 2. The Bertz CT molecular complexity index is 1200. The van der Waals surface area contributed by atoms with Crippen LogP contribution in [-0.2, 0) is 13.1 Å². The molecule has 2 aromatic carbocycles. The van der Waals surface area contributed by atoms with E-state index < -0.39 is 22.9 Å². The van der Waals surface area contributed by atoms with Gasteiger partial charge in [-0.05, 0) is 35.4 Å². The van der Waals surface area contributed by atoms with Crippen molar-refractivity contribution >= 4 is 6.21 Å². The summed E-state index contributed by atoms with van der Waals surface area (Å²) in [5, 5.41) is 10.4. The van der Waals surface area contributed by atoms with Gasteiger partial charge in [0.25, 0.3) is 5.56 Å². The van der Waals surface area contributed by atoms with E-state index in [1.54, 1.807) is 12.1 Å². The number of aromatic hydroxyl groups is 1. The maximum absolute atomic E-state index is 13.1. The number of aromatic nitrogens is 2. The number of aliphatic imine (C=N–C) groups is 1. The molecule has 0 aliphatic carbocycles. The monoisotopic (exact) mass is 397 g/mol. The van der Waals surface area contributed by atoms with Gasteiger partial charge in [-0.2, -0.15) is 0 Å². The first kappa shape index (κ1) is 18.5. The largest absolute Gasteiger partial charge is 0.494 e. The average Bonchev–Trinajstić information content (AvgIpc) is 3.17. The van der Waals surface area contributed by atoms with Crippen LogP contribution in [0.25, 0.3) is 0 Å². The van der Waals surface area contributed by atoms with Crippen LogP contribution in [0.4, 0.5) is 4.39 Å². The number of fused-ring (bicyclic) bond motifs is 1. The lowest BCUT2D eigenvalue weighted by molar-refractivity contribution is 0.174. The zero-order valence-electron chi connectivity index (χ0n) is 15.1. The molecule has 2 N–H and O–H groups in total. The van der Waals surface area contributed by atoms with E-state index in [9.17, 15) is 19.1 Å². The van der Waals surface area contributed by atoms with Crippen molar-refractivity contribution in [3.63, 3.8) is 0 Å². The van der Waals surface area contributed by atoms with E-state index in [1.165, 1.54) is 30.5 Å². The van der Waals surface area contributed by atoms with Crippen LogP contribution in [0.15, 0.2) is 57.0 Å². The van der Waals surface area contributed by atoms with Gasteiger partial charge in [0.2, 0.25) is 12.7 Å². The summed E-state index contributed by atoms with van der Waals surface area (Å²) in [4.78, 5) is 30.5. The maximum Gasteiger partial charge on any atom is 0.331 e. The minimum absolute atomic E-state index is 0.0370.